The number of alkyl halides is 1. The summed E-state index contributed by atoms with van der Waals surface area (Å²) in [6.45, 7) is 0.609. The number of aryl methyl sites for hydroxylation is 1. The zero-order valence-corrected chi connectivity index (χ0v) is 10.8. The second kappa shape index (κ2) is 4.97. The number of rotatable bonds is 3. The quantitative estimate of drug-likeness (QED) is 0.817. The second-order valence-corrected chi connectivity index (χ2v) is 4.74. The number of fused-ring (bicyclic) bond motifs is 1. The van der Waals surface area contributed by atoms with Gasteiger partial charge in [-0.3, -0.25) is 9.36 Å². The van der Waals surface area contributed by atoms with Crippen molar-refractivity contribution in [1.29, 1.82) is 0 Å². The predicted octanol–water partition coefficient (Wildman–Crippen LogP) is 2.79. The average molecular weight is 302 g/mol. The fraction of sp³-hybridized carbons (Fsp3) is 0.273. The minimum atomic E-state index is -0.0172. The Morgan fingerprint density at radius 2 is 2.25 bits per heavy atom. The Bertz CT molecular complexity index is 567. The zero-order valence-electron chi connectivity index (χ0n) is 8.49. The maximum atomic E-state index is 12.0. The van der Waals surface area contributed by atoms with Crippen LogP contribution in [0, 0.1) is 0 Å². The first kappa shape index (κ1) is 11.6. The number of benzene rings is 1. The Kier molecular flexibility index (Phi) is 3.61. The molecular weight excluding hydrogens is 291 g/mol. The molecule has 84 valence electrons. The highest BCUT2D eigenvalue weighted by Gasteiger charge is 2.03. The van der Waals surface area contributed by atoms with E-state index in [0.29, 0.717) is 17.8 Å². The van der Waals surface area contributed by atoms with Crippen LogP contribution < -0.4 is 5.56 Å². The van der Waals surface area contributed by atoms with Gasteiger partial charge in [0, 0.05) is 16.9 Å². The minimum absolute atomic E-state index is 0.0172. The molecule has 3 nitrogen and oxygen atoms in total. The third-order valence-electron chi connectivity index (χ3n) is 2.32. The molecule has 0 unspecified atom stereocenters. The molecule has 0 saturated carbocycles. The monoisotopic (exact) mass is 300 g/mol. The molecule has 1 aromatic heterocycles. The van der Waals surface area contributed by atoms with Crippen LogP contribution in [0.25, 0.3) is 10.9 Å². The van der Waals surface area contributed by atoms with Crippen LogP contribution in [0.1, 0.15) is 6.42 Å². The van der Waals surface area contributed by atoms with Crippen LogP contribution in [0.5, 0.6) is 0 Å². The maximum Gasteiger partial charge on any atom is 0.261 e. The molecule has 16 heavy (non-hydrogen) atoms. The van der Waals surface area contributed by atoms with E-state index in [0.717, 1.165) is 16.4 Å². The third-order valence-corrected chi connectivity index (χ3v) is 3.08. The van der Waals surface area contributed by atoms with Crippen molar-refractivity contribution in [3.8, 4) is 0 Å². The lowest BCUT2D eigenvalue weighted by Gasteiger charge is -2.05. The first-order valence-corrected chi connectivity index (χ1v) is 6.26. The van der Waals surface area contributed by atoms with Gasteiger partial charge in [0.2, 0.25) is 0 Å². The number of halogens is 2. The zero-order chi connectivity index (χ0) is 11.5. The number of hydrogen-bond donors (Lipinski definition) is 0. The van der Waals surface area contributed by atoms with Gasteiger partial charge in [0.15, 0.2) is 0 Å². The number of aromatic nitrogens is 2. The fourth-order valence-electron chi connectivity index (χ4n) is 1.52. The van der Waals surface area contributed by atoms with Crippen molar-refractivity contribution in [1.82, 2.24) is 9.55 Å². The molecule has 5 heteroatoms. The van der Waals surface area contributed by atoms with Crippen LogP contribution in [-0.2, 0) is 6.54 Å². The standard InChI is InChI=1S/C11H10BrClN2O/c12-8-2-3-10-9(6-8)11(16)15(7-14-10)5-1-4-13/h2-3,6-7H,1,4-5H2. The van der Waals surface area contributed by atoms with Crippen molar-refractivity contribution in [3.05, 3.63) is 39.4 Å². The molecule has 0 aliphatic rings. The van der Waals surface area contributed by atoms with Crippen molar-refractivity contribution in [3.63, 3.8) is 0 Å². The normalized spacial score (nSPS) is 10.9. The van der Waals surface area contributed by atoms with Crippen molar-refractivity contribution < 1.29 is 0 Å². The molecule has 2 rings (SSSR count). The molecule has 0 amide bonds. The summed E-state index contributed by atoms with van der Waals surface area (Å²) in [5.74, 6) is 0.545. The minimum Gasteiger partial charge on any atom is -0.299 e. The molecule has 2 aromatic rings. The van der Waals surface area contributed by atoms with E-state index in [-0.39, 0.29) is 5.56 Å². The van der Waals surface area contributed by atoms with E-state index in [1.807, 2.05) is 12.1 Å². The van der Waals surface area contributed by atoms with Gasteiger partial charge in [0.25, 0.3) is 5.56 Å². The summed E-state index contributed by atoms with van der Waals surface area (Å²) in [4.78, 5) is 16.3. The van der Waals surface area contributed by atoms with Crippen molar-refractivity contribution in [2.45, 2.75) is 13.0 Å². The van der Waals surface area contributed by atoms with Gasteiger partial charge >= 0.3 is 0 Å². The molecule has 0 bridgehead atoms. The van der Waals surface area contributed by atoms with E-state index < -0.39 is 0 Å². The summed E-state index contributed by atoms with van der Waals surface area (Å²) < 4.78 is 2.48. The summed E-state index contributed by atoms with van der Waals surface area (Å²) >= 11 is 8.95. The Morgan fingerprint density at radius 1 is 1.44 bits per heavy atom. The summed E-state index contributed by atoms with van der Waals surface area (Å²) in [6, 6.07) is 5.49. The van der Waals surface area contributed by atoms with Crippen molar-refractivity contribution >= 4 is 38.4 Å². The van der Waals surface area contributed by atoms with Crippen molar-refractivity contribution in [2.75, 3.05) is 5.88 Å². The highest BCUT2D eigenvalue weighted by Crippen LogP contribution is 2.14. The van der Waals surface area contributed by atoms with E-state index in [1.165, 1.54) is 0 Å². The molecule has 1 heterocycles. The van der Waals surface area contributed by atoms with Gasteiger partial charge < -0.3 is 0 Å². The summed E-state index contributed by atoms with van der Waals surface area (Å²) in [5.41, 5.74) is 0.701. The van der Waals surface area contributed by atoms with Crippen molar-refractivity contribution in [2.24, 2.45) is 0 Å². The highest BCUT2D eigenvalue weighted by atomic mass is 79.9. The molecule has 0 fully saturated rings. The molecule has 0 radical (unpaired) electrons. The van der Waals surface area contributed by atoms with Gasteiger partial charge in [-0.15, -0.1) is 11.6 Å². The van der Waals surface area contributed by atoms with Gasteiger partial charge in [0.1, 0.15) is 0 Å². The second-order valence-electron chi connectivity index (χ2n) is 3.45. The summed E-state index contributed by atoms with van der Waals surface area (Å²) in [6.07, 6.45) is 2.34. The SMILES string of the molecule is O=c1c2cc(Br)ccc2ncn1CCCCl. The van der Waals surface area contributed by atoms with Crippen LogP contribution in [0.15, 0.2) is 33.8 Å². The molecule has 0 atom stereocenters. The molecule has 0 aliphatic heterocycles. The van der Waals surface area contributed by atoms with Crippen LogP contribution in [0.4, 0.5) is 0 Å². The highest BCUT2D eigenvalue weighted by molar-refractivity contribution is 9.10. The van der Waals surface area contributed by atoms with Gasteiger partial charge in [-0.25, -0.2) is 4.98 Å². The molecule has 0 spiro atoms. The van der Waals surface area contributed by atoms with Gasteiger partial charge in [-0.2, -0.15) is 0 Å². The van der Waals surface area contributed by atoms with E-state index >= 15 is 0 Å². The Labute approximate surface area is 106 Å². The van der Waals surface area contributed by atoms with Gasteiger partial charge in [-0.1, -0.05) is 15.9 Å². The smallest absolute Gasteiger partial charge is 0.261 e. The lowest BCUT2D eigenvalue weighted by atomic mass is 10.2. The molecule has 0 aliphatic carbocycles. The Morgan fingerprint density at radius 3 is 3.00 bits per heavy atom. The van der Waals surface area contributed by atoms with E-state index in [9.17, 15) is 4.79 Å². The van der Waals surface area contributed by atoms with Crippen LogP contribution in [0.2, 0.25) is 0 Å². The largest absolute Gasteiger partial charge is 0.299 e. The van der Waals surface area contributed by atoms with E-state index in [2.05, 4.69) is 20.9 Å². The van der Waals surface area contributed by atoms with Gasteiger partial charge in [0.05, 0.1) is 17.2 Å². The van der Waals surface area contributed by atoms with E-state index in [1.54, 1.807) is 17.0 Å². The summed E-state index contributed by atoms with van der Waals surface area (Å²) in [5, 5.41) is 0.631. The first-order valence-electron chi connectivity index (χ1n) is 4.93. The lowest BCUT2D eigenvalue weighted by Crippen LogP contribution is -2.20. The summed E-state index contributed by atoms with van der Waals surface area (Å²) in [7, 11) is 0. The van der Waals surface area contributed by atoms with Crippen LogP contribution in [-0.4, -0.2) is 15.4 Å². The van der Waals surface area contributed by atoms with Crippen LogP contribution >= 0.6 is 27.5 Å². The molecular formula is C11H10BrClN2O. The average Bonchev–Trinajstić information content (AvgIpc) is 2.29. The topological polar surface area (TPSA) is 34.9 Å². The predicted molar refractivity (Wildman–Crippen MR) is 69.0 cm³/mol. The lowest BCUT2D eigenvalue weighted by molar-refractivity contribution is 0.650. The fourth-order valence-corrected chi connectivity index (χ4v) is 2.00. The Balaban J connectivity index is 2.55. The molecule has 0 N–H and O–H groups in total. The molecule has 0 saturated heterocycles. The first-order chi connectivity index (χ1) is 7.72. The third kappa shape index (κ3) is 2.28. The number of nitrogens with zero attached hydrogens (tertiary/aromatic N) is 2. The molecule has 1 aromatic carbocycles. The maximum absolute atomic E-state index is 12.0. The van der Waals surface area contributed by atoms with E-state index in [4.69, 9.17) is 11.6 Å². The Hall–Kier alpha value is -0.870. The number of hydrogen-bond acceptors (Lipinski definition) is 2. The van der Waals surface area contributed by atoms with Crippen LogP contribution in [0.3, 0.4) is 0 Å². The van der Waals surface area contributed by atoms with Gasteiger partial charge in [-0.05, 0) is 24.6 Å².